The van der Waals surface area contributed by atoms with E-state index in [1.165, 1.54) is 5.69 Å². The third-order valence-electron chi connectivity index (χ3n) is 3.47. The maximum Gasteiger partial charge on any atom is 0.217 e. The van der Waals surface area contributed by atoms with E-state index in [-0.39, 0.29) is 11.4 Å². The van der Waals surface area contributed by atoms with Crippen molar-refractivity contribution in [3.05, 3.63) is 30.3 Å². The molecule has 0 saturated carbocycles. The van der Waals surface area contributed by atoms with E-state index < -0.39 is 0 Å². The smallest absolute Gasteiger partial charge is 0.217 e. The molecule has 92 valence electrons. The van der Waals surface area contributed by atoms with E-state index in [0.717, 1.165) is 25.9 Å². The molecule has 0 atom stereocenters. The maximum absolute atomic E-state index is 11.1. The van der Waals surface area contributed by atoms with Crippen LogP contribution in [0.1, 0.15) is 26.7 Å². The largest absolute Gasteiger partial charge is 0.371 e. The van der Waals surface area contributed by atoms with Crippen molar-refractivity contribution in [3.8, 4) is 0 Å². The van der Waals surface area contributed by atoms with Crippen LogP contribution < -0.4 is 10.2 Å². The van der Waals surface area contributed by atoms with Gasteiger partial charge in [-0.15, -0.1) is 0 Å². The quantitative estimate of drug-likeness (QED) is 0.847. The summed E-state index contributed by atoms with van der Waals surface area (Å²) < 4.78 is 0. The van der Waals surface area contributed by atoms with Crippen molar-refractivity contribution in [1.29, 1.82) is 0 Å². The second kappa shape index (κ2) is 4.78. The first-order valence-electron chi connectivity index (χ1n) is 6.18. The third-order valence-corrected chi connectivity index (χ3v) is 3.47. The molecule has 0 unspecified atom stereocenters. The van der Waals surface area contributed by atoms with Gasteiger partial charge in [-0.3, -0.25) is 4.79 Å². The average molecular weight is 232 g/mol. The van der Waals surface area contributed by atoms with Gasteiger partial charge in [0.2, 0.25) is 5.91 Å². The zero-order valence-corrected chi connectivity index (χ0v) is 10.6. The van der Waals surface area contributed by atoms with Crippen LogP contribution in [0.4, 0.5) is 5.69 Å². The molecular weight excluding hydrogens is 212 g/mol. The number of carbonyl (C=O) groups excluding carboxylic acids is 1. The van der Waals surface area contributed by atoms with Crippen LogP contribution in [0.15, 0.2) is 30.3 Å². The Bertz CT molecular complexity index is 380. The number of hydrogen-bond acceptors (Lipinski definition) is 2. The highest BCUT2D eigenvalue weighted by Crippen LogP contribution is 2.25. The summed E-state index contributed by atoms with van der Waals surface area (Å²) in [4.78, 5) is 13.5. The molecule has 1 heterocycles. The van der Waals surface area contributed by atoms with E-state index in [1.54, 1.807) is 6.92 Å². The molecule has 0 radical (unpaired) electrons. The molecule has 1 aromatic carbocycles. The molecule has 17 heavy (non-hydrogen) atoms. The van der Waals surface area contributed by atoms with Crippen LogP contribution in [0.3, 0.4) is 0 Å². The second-order valence-electron chi connectivity index (χ2n) is 5.06. The van der Waals surface area contributed by atoms with Crippen LogP contribution in [0, 0.1) is 0 Å². The normalized spacial score (nSPS) is 18.8. The molecule has 0 spiro atoms. The number of anilines is 1. The van der Waals surface area contributed by atoms with Crippen LogP contribution in [0.5, 0.6) is 0 Å². The molecule has 1 aliphatic rings. The van der Waals surface area contributed by atoms with Crippen LogP contribution >= 0.6 is 0 Å². The summed E-state index contributed by atoms with van der Waals surface area (Å²) >= 11 is 0. The van der Waals surface area contributed by atoms with Crippen LogP contribution in [-0.4, -0.2) is 24.5 Å². The number of carbonyl (C=O) groups is 1. The fraction of sp³-hybridized carbons (Fsp3) is 0.500. The fourth-order valence-corrected chi connectivity index (χ4v) is 2.45. The topological polar surface area (TPSA) is 32.3 Å². The number of nitrogens with one attached hydrogen (secondary N) is 1. The van der Waals surface area contributed by atoms with Crippen molar-refractivity contribution in [1.82, 2.24) is 5.32 Å². The number of para-hydroxylation sites is 1. The first kappa shape index (κ1) is 12.0. The molecule has 3 nitrogen and oxygen atoms in total. The average Bonchev–Trinajstić information content (AvgIpc) is 2.29. The highest BCUT2D eigenvalue weighted by atomic mass is 16.1. The third kappa shape index (κ3) is 2.99. The summed E-state index contributed by atoms with van der Waals surface area (Å²) in [5.74, 6) is 0.0701. The molecule has 1 fully saturated rings. The van der Waals surface area contributed by atoms with Gasteiger partial charge in [0.1, 0.15) is 0 Å². The van der Waals surface area contributed by atoms with E-state index in [9.17, 15) is 4.79 Å². The molecule has 1 aromatic rings. The van der Waals surface area contributed by atoms with E-state index in [4.69, 9.17) is 0 Å². The number of nitrogens with zero attached hydrogens (tertiary/aromatic N) is 1. The molecule has 0 aromatic heterocycles. The molecule has 1 saturated heterocycles. The minimum atomic E-state index is -0.0306. The van der Waals surface area contributed by atoms with Crippen molar-refractivity contribution in [3.63, 3.8) is 0 Å². The number of rotatable bonds is 2. The molecule has 0 bridgehead atoms. The summed E-state index contributed by atoms with van der Waals surface area (Å²) in [5, 5.41) is 3.06. The lowest BCUT2D eigenvalue weighted by Crippen LogP contribution is -2.52. The highest BCUT2D eigenvalue weighted by Gasteiger charge is 2.30. The lowest BCUT2D eigenvalue weighted by atomic mass is 9.89. The first-order valence-corrected chi connectivity index (χ1v) is 6.18. The van der Waals surface area contributed by atoms with Gasteiger partial charge in [0.25, 0.3) is 0 Å². The number of piperidine rings is 1. The zero-order valence-electron chi connectivity index (χ0n) is 10.6. The molecule has 3 heteroatoms. The summed E-state index contributed by atoms with van der Waals surface area (Å²) in [6, 6.07) is 10.4. The molecule has 2 rings (SSSR count). The number of hydrogen-bond donors (Lipinski definition) is 1. The van der Waals surface area contributed by atoms with Gasteiger partial charge >= 0.3 is 0 Å². The van der Waals surface area contributed by atoms with E-state index in [2.05, 4.69) is 41.4 Å². The Morgan fingerprint density at radius 2 is 1.82 bits per heavy atom. The van der Waals surface area contributed by atoms with Crippen molar-refractivity contribution >= 4 is 11.6 Å². The predicted molar refractivity (Wildman–Crippen MR) is 70.1 cm³/mol. The Morgan fingerprint density at radius 3 is 2.35 bits per heavy atom. The minimum Gasteiger partial charge on any atom is -0.371 e. The summed E-state index contributed by atoms with van der Waals surface area (Å²) in [6.07, 6.45) is 2.00. The molecule has 1 aliphatic heterocycles. The minimum absolute atomic E-state index is 0.0306. The summed E-state index contributed by atoms with van der Waals surface area (Å²) in [6.45, 7) is 5.73. The van der Waals surface area contributed by atoms with Crippen LogP contribution in [-0.2, 0) is 4.79 Å². The van der Waals surface area contributed by atoms with Gasteiger partial charge in [0.05, 0.1) is 0 Å². The van der Waals surface area contributed by atoms with Gasteiger partial charge in [-0.1, -0.05) is 18.2 Å². The van der Waals surface area contributed by atoms with Gasteiger partial charge in [-0.05, 0) is 31.9 Å². The number of amides is 1. The monoisotopic (exact) mass is 232 g/mol. The van der Waals surface area contributed by atoms with Crippen molar-refractivity contribution in [2.75, 3.05) is 18.0 Å². The van der Waals surface area contributed by atoms with E-state index in [1.807, 2.05) is 6.07 Å². The second-order valence-corrected chi connectivity index (χ2v) is 5.06. The van der Waals surface area contributed by atoms with Gasteiger partial charge < -0.3 is 10.2 Å². The maximum atomic E-state index is 11.1. The van der Waals surface area contributed by atoms with Crippen molar-refractivity contribution < 1.29 is 4.79 Å². The molecule has 1 amide bonds. The highest BCUT2D eigenvalue weighted by molar-refractivity contribution is 5.73. The molecule has 1 N–H and O–H groups in total. The van der Waals surface area contributed by atoms with Crippen LogP contribution in [0.25, 0.3) is 0 Å². The van der Waals surface area contributed by atoms with Gasteiger partial charge in [0.15, 0.2) is 0 Å². The summed E-state index contributed by atoms with van der Waals surface area (Å²) in [5.41, 5.74) is 1.24. The van der Waals surface area contributed by atoms with Gasteiger partial charge in [-0.2, -0.15) is 0 Å². The molecular formula is C14H20N2O. The number of benzene rings is 1. The lowest BCUT2D eigenvalue weighted by molar-refractivity contribution is -0.120. The fourth-order valence-electron chi connectivity index (χ4n) is 2.45. The predicted octanol–water partition coefficient (Wildman–Crippen LogP) is 2.18. The Kier molecular flexibility index (Phi) is 3.36. The standard InChI is InChI=1S/C14H20N2O/c1-12(17)15-14(2)8-10-16(11-9-14)13-6-4-3-5-7-13/h3-7H,8-11H2,1-2H3,(H,15,17). The SMILES string of the molecule is CC(=O)NC1(C)CCN(c2ccccc2)CC1. The lowest BCUT2D eigenvalue weighted by Gasteiger charge is -2.40. The zero-order chi connectivity index (χ0) is 12.3. The van der Waals surface area contributed by atoms with Gasteiger partial charge in [-0.25, -0.2) is 0 Å². The molecule has 0 aliphatic carbocycles. The van der Waals surface area contributed by atoms with Crippen molar-refractivity contribution in [2.24, 2.45) is 0 Å². The summed E-state index contributed by atoms with van der Waals surface area (Å²) in [7, 11) is 0. The Labute approximate surface area is 103 Å². The van der Waals surface area contributed by atoms with E-state index in [0.29, 0.717) is 0 Å². The first-order chi connectivity index (χ1) is 8.09. The Balaban J connectivity index is 1.96. The van der Waals surface area contributed by atoms with Gasteiger partial charge in [0, 0.05) is 31.2 Å². The van der Waals surface area contributed by atoms with E-state index >= 15 is 0 Å². The van der Waals surface area contributed by atoms with Crippen LogP contribution in [0.2, 0.25) is 0 Å². The Morgan fingerprint density at radius 1 is 1.24 bits per heavy atom. The Hall–Kier alpha value is -1.51. The van der Waals surface area contributed by atoms with Crippen molar-refractivity contribution in [2.45, 2.75) is 32.2 Å².